The quantitative estimate of drug-likeness (QED) is 0.585. The van der Waals surface area contributed by atoms with Crippen LogP contribution >= 0.6 is 0 Å². The van der Waals surface area contributed by atoms with Gasteiger partial charge in [0.1, 0.15) is 0 Å². The number of rotatable bonds is 0. The van der Waals surface area contributed by atoms with E-state index in [2.05, 4.69) is 22.8 Å². The van der Waals surface area contributed by atoms with Crippen molar-refractivity contribution >= 4 is 5.69 Å². The van der Waals surface area contributed by atoms with Crippen LogP contribution in [0.4, 0.5) is 5.69 Å². The second-order valence-electron chi connectivity index (χ2n) is 2.88. The maximum Gasteiger partial charge on any atom is 0.0835 e. The number of nitrogens with one attached hydrogen (secondary N) is 2. The summed E-state index contributed by atoms with van der Waals surface area (Å²) < 4.78 is 0. The number of hydrazine groups is 1. The van der Waals surface area contributed by atoms with Crippen LogP contribution in [0.25, 0.3) is 0 Å². The summed E-state index contributed by atoms with van der Waals surface area (Å²) in [4.78, 5) is 4.41. The van der Waals surface area contributed by atoms with Crippen molar-refractivity contribution in [2.24, 2.45) is 0 Å². The number of nitrogens with zero attached hydrogens (tertiary/aromatic N) is 1. The van der Waals surface area contributed by atoms with Crippen molar-refractivity contribution in [1.82, 2.24) is 10.4 Å². The van der Waals surface area contributed by atoms with E-state index in [4.69, 9.17) is 0 Å². The Morgan fingerprint density at radius 2 is 2.27 bits per heavy atom. The predicted octanol–water partition coefficient (Wildman–Crippen LogP) is 1.38. The van der Waals surface area contributed by atoms with E-state index >= 15 is 0 Å². The van der Waals surface area contributed by atoms with Gasteiger partial charge in [0, 0.05) is 5.69 Å². The number of hydrogen-bond donors (Lipinski definition) is 2. The first-order valence-electron chi connectivity index (χ1n) is 3.76. The van der Waals surface area contributed by atoms with Gasteiger partial charge in [-0.25, -0.2) is 5.43 Å². The largest absolute Gasteiger partial charge is 0.319 e. The standard InChI is InChI=1S/C8H11N3/c1-5-3-4-7-8(9-5)6(2)10-11-7/h3-4,6,10-11H,1-2H3. The van der Waals surface area contributed by atoms with Crippen molar-refractivity contribution in [3.05, 3.63) is 23.5 Å². The molecule has 0 aromatic carbocycles. The third-order valence-electron chi connectivity index (χ3n) is 1.90. The van der Waals surface area contributed by atoms with Crippen LogP contribution in [-0.2, 0) is 0 Å². The number of aromatic nitrogens is 1. The fourth-order valence-corrected chi connectivity index (χ4v) is 1.27. The van der Waals surface area contributed by atoms with Gasteiger partial charge in [0.2, 0.25) is 0 Å². The Bertz CT molecular complexity index is 283. The van der Waals surface area contributed by atoms with Crippen molar-refractivity contribution < 1.29 is 0 Å². The Labute approximate surface area is 65.8 Å². The molecule has 2 heterocycles. The van der Waals surface area contributed by atoms with Gasteiger partial charge < -0.3 is 5.43 Å². The highest BCUT2D eigenvalue weighted by Gasteiger charge is 2.17. The summed E-state index contributed by atoms with van der Waals surface area (Å²) in [6, 6.07) is 4.38. The number of aryl methyl sites for hydroxylation is 1. The lowest BCUT2D eigenvalue weighted by Crippen LogP contribution is -2.15. The normalized spacial score (nSPS) is 21.1. The van der Waals surface area contributed by atoms with Crippen LogP contribution < -0.4 is 10.9 Å². The molecule has 1 aromatic rings. The van der Waals surface area contributed by atoms with Gasteiger partial charge >= 0.3 is 0 Å². The first-order valence-corrected chi connectivity index (χ1v) is 3.76. The molecule has 2 N–H and O–H groups in total. The molecule has 0 aliphatic carbocycles. The van der Waals surface area contributed by atoms with Crippen LogP contribution in [0.2, 0.25) is 0 Å². The minimum atomic E-state index is 0.324. The molecule has 0 saturated carbocycles. The zero-order valence-corrected chi connectivity index (χ0v) is 6.68. The molecule has 0 radical (unpaired) electrons. The van der Waals surface area contributed by atoms with Gasteiger partial charge in [-0.1, -0.05) is 0 Å². The van der Waals surface area contributed by atoms with E-state index in [1.54, 1.807) is 0 Å². The summed E-state index contributed by atoms with van der Waals surface area (Å²) in [6.07, 6.45) is 0. The molecule has 1 aromatic heterocycles. The van der Waals surface area contributed by atoms with E-state index < -0.39 is 0 Å². The lowest BCUT2D eigenvalue weighted by Gasteiger charge is -2.00. The number of hydrogen-bond acceptors (Lipinski definition) is 3. The molecule has 0 fully saturated rings. The lowest BCUT2D eigenvalue weighted by atomic mass is 10.2. The molecule has 3 heteroatoms. The Hall–Kier alpha value is -1.09. The average molecular weight is 149 g/mol. The highest BCUT2D eigenvalue weighted by Crippen LogP contribution is 2.25. The van der Waals surface area contributed by atoms with E-state index in [0.717, 1.165) is 17.1 Å². The van der Waals surface area contributed by atoms with E-state index in [1.807, 2.05) is 19.1 Å². The summed E-state index contributed by atoms with van der Waals surface area (Å²) in [5, 5.41) is 0. The van der Waals surface area contributed by atoms with Crippen LogP contribution in [0.5, 0.6) is 0 Å². The van der Waals surface area contributed by atoms with Crippen LogP contribution in [0, 0.1) is 6.92 Å². The first kappa shape index (κ1) is 6.61. The molecule has 0 spiro atoms. The lowest BCUT2D eigenvalue weighted by molar-refractivity contribution is 0.670. The molecule has 0 amide bonds. The van der Waals surface area contributed by atoms with Gasteiger partial charge in [-0.2, -0.15) is 0 Å². The minimum absolute atomic E-state index is 0.324. The van der Waals surface area contributed by atoms with Gasteiger partial charge in [0.25, 0.3) is 0 Å². The molecule has 11 heavy (non-hydrogen) atoms. The summed E-state index contributed by atoms with van der Waals surface area (Å²) in [7, 11) is 0. The van der Waals surface area contributed by atoms with Crippen molar-refractivity contribution in [2.45, 2.75) is 19.9 Å². The van der Waals surface area contributed by atoms with Crippen molar-refractivity contribution in [1.29, 1.82) is 0 Å². The monoisotopic (exact) mass is 149 g/mol. The Morgan fingerprint density at radius 1 is 1.45 bits per heavy atom. The maximum absolute atomic E-state index is 4.41. The number of pyridine rings is 1. The highest BCUT2D eigenvalue weighted by molar-refractivity contribution is 5.52. The van der Waals surface area contributed by atoms with Gasteiger partial charge in [0.15, 0.2) is 0 Å². The molecule has 0 saturated heterocycles. The fourth-order valence-electron chi connectivity index (χ4n) is 1.27. The second kappa shape index (κ2) is 2.20. The second-order valence-corrected chi connectivity index (χ2v) is 2.88. The minimum Gasteiger partial charge on any atom is -0.319 e. The van der Waals surface area contributed by atoms with Crippen LogP contribution in [-0.4, -0.2) is 4.98 Å². The summed E-state index contributed by atoms with van der Waals surface area (Å²) >= 11 is 0. The summed E-state index contributed by atoms with van der Waals surface area (Å²) in [5.74, 6) is 0. The molecule has 1 unspecified atom stereocenters. The van der Waals surface area contributed by atoms with Crippen LogP contribution in [0.15, 0.2) is 12.1 Å². The summed E-state index contributed by atoms with van der Waals surface area (Å²) in [6.45, 7) is 4.09. The van der Waals surface area contributed by atoms with Gasteiger partial charge in [-0.15, -0.1) is 0 Å². The highest BCUT2D eigenvalue weighted by atomic mass is 15.4. The molecule has 2 rings (SSSR count). The number of anilines is 1. The molecule has 1 atom stereocenters. The van der Waals surface area contributed by atoms with Crippen molar-refractivity contribution in [2.75, 3.05) is 5.43 Å². The summed E-state index contributed by atoms with van der Waals surface area (Å²) in [5.41, 5.74) is 9.45. The molecule has 3 nitrogen and oxygen atoms in total. The predicted molar refractivity (Wildman–Crippen MR) is 44.1 cm³/mol. The van der Waals surface area contributed by atoms with Crippen molar-refractivity contribution in [3.8, 4) is 0 Å². The molecule has 1 aliphatic rings. The van der Waals surface area contributed by atoms with E-state index in [-0.39, 0.29) is 0 Å². The van der Waals surface area contributed by atoms with E-state index in [0.29, 0.717) is 6.04 Å². The average Bonchev–Trinajstić information content (AvgIpc) is 2.33. The zero-order valence-electron chi connectivity index (χ0n) is 6.68. The Morgan fingerprint density at radius 3 is 3.09 bits per heavy atom. The van der Waals surface area contributed by atoms with Crippen molar-refractivity contribution in [3.63, 3.8) is 0 Å². The SMILES string of the molecule is Cc1ccc2c(n1)C(C)NN2. The van der Waals surface area contributed by atoms with Gasteiger partial charge in [0.05, 0.1) is 17.4 Å². The van der Waals surface area contributed by atoms with Gasteiger partial charge in [-0.05, 0) is 26.0 Å². The molecular weight excluding hydrogens is 138 g/mol. The molecule has 1 aliphatic heterocycles. The third-order valence-corrected chi connectivity index (χ3v) is 1.90. The zero-order chi connectivity index (χ0) is 7.84. The van der Waals surface area contributed by atoms with Gasteiger partial charge in [-0.3, -0.25) is 4.98 Å². The van der Waals surface area contributed by atoms with E-state index in [1.165, 1.54) is 0 Å². The molecule has 0 bridgehead atoms. The fraction of sp³-hybridized carbons (Fsp3) is 0.375. The maximum atomic E-state index is 4.41. The molecule has 58 valence electrons. The smallest absolute Gasteiger partial charge is 0.0835 e. The topological polar surface area (TPSA) is 37.0 Å². The molecular formula is C8H11N3. The first-order chi connectivity index (χ1) is 5.27. The van der Waals surface area contributed by atoms with Crippen LogP contribution in [0.1, 0.15) is 24.4 Å². The van der Waals surface area contributed by atoms with E-state index in [9.17, 15) is 0 Å². The Balaban J connectivity index is 2.52. The number of fused-ring (bicyclic) bond motifs is 1. The Kier molecular flexibility index (Phi) is 1.32. The third kappa shape index (κ3) is 0.973. The van der Waals surface area contributed by atoms with Crippen LogP contribution in [0.3, 0.4) is 0 Å².